The van der Waals surface area contributed by atoms with Crippen LogP contribution in [0.1, 0.15) is 60.5 Å². The number of nitrogens with zero attached hydrogens (tertiary/aromatic N) is 2. The topological polar surface area (TPSA) is 45.2 Å². The van der Waals surface area contributed by atoms with Crippen molar-refractivity contribution in [2.45, 2.75) is 52.4 Å². The van der Waals surface area contributed by atoms with Gasteiger partial charge in [0.25, 0.3) is 5.91 Å². The first-order valence-electron chi connectivity index (χ1n) is 11.9. The van der Waals surface area contributed by atoms with Crippen molar-refractivity contribution in [2.75, 3.05) is 23.3 Å². The maximum absolute atomic E-state index is 12.9. The molecule has 0 radical (unpaired) electrons. The van der Waals surface area contributed by atoms with Gasteiger partial charge in [0.2, 0.25) is 0 Å². The molecule has 0 spiro atoms. The SMILES string of the molecule is CCCc1ccc(-c2cc(C(=O)Nc3ccc(N4CCCCCC4)nc3)ccc2C)cc1. The molecule has 1 N–H and O–H groups in total. The number of carbonyl (C=O) groups excluding carboxylic acids is 1. The molecule has 0 aliphatic carbocycles. The van der Waals surface area contributed by atoms with E-state index in [1.54, 1.807) is 6.20 Å². The Kier molecular flexibility index (Phi) is 7.21. The fourth-order valence-electron chi connectivity index (χ4n) is 4.36. The number of hydrogen-bond donors (Lipinski definition) is 1. The lowest BCUT2D eigenvalue weighted by Gasteiger charge is -2.21. The summed E-state index contributed by atoms with van der Waals surface area (Å²) < 4.78 is 0. The van der Waals surface area contributed by atoms with E-state index in [2.05, 4.69) is 53.3 Å². The molecule has 0 saturated carbocycles. The molecule has 1 fully saturated rings. The molecule has 4 heteroatoms. The molecule has 1 saturated heterocycles. The summed E-state index contributed by atoms with van der Waals surface area (Å²) in [5.74, 6) is 0.882. The standard InChI is InChI=1S/C28H33N3O/c1-3-8-22-10-13-23(14-11-22)26-19-24(12-9-21(26)2)28(32)30-25-15-16-27(29-20-25)31-17-6-4-5-7-18-31/h9-16,19-20H,3-8,17-18H2,1-2H3,(H,30,32). The van der Waals surface area contributed by atoms with Gasteiger partial charge in [-0.15, -0.1) is 0 Å². The summed E-state index contributed by atoms with van der Waals surface area (Å²) in [5.41, 5.74) is 6.11. The fourth-order valence-corrected chi connectivity index (χ4v) is 4.36. The van der Waals surface area contributed by atoms with E-state index < -0.39 is 0 Å². The van der Waals surface area contributed by atoms with Gasteiger partial charge in [-0.05, 0) is 72.7 Å². The predicted octanol–water partition coefficient (Wildman–Crippen LogP) is 6.64. The Balaban J connectivity index is 1.47. The minimum absolute atomic E-state index is 0.113. The second-order valence-electron chi connectivity index (χ2n) is 8.74. The minimum atomic E-state index is -0.113. The fraction of sp³-hybridized carbons (Fsp3) is 0.357. The van der Waals surface area contributed by atoms with Crippen LogP contribution < -0.4 is 10.2 Å². The maximum atomic E-state index is 12.9. The second-order valence-corrected chi connectivity index (χ2v) is 8.74. The van der Waals surface area contributed by atoms with E-state index in [1.807, 2.05) is 30.3 Å². The van der Waals surface area contributed by atoms with E-state index in [4.69, 9.17) is 0 Å². The van der Waals surface area contributed by atoms with E-state index >= 15 is 0 Å². The molecule has 166 valence electrons. The molecular formula is C28H33N3O. The van der Waals surface area contributed by atoms with Crippen LogP contribution in [0.5, 0.6) is 0 Å². The number of anilines is 2. The van der Waals surface area contributed by atoms with Crippen LogP contribution in [-0.4, -0.2) is 24.0 Å². The highest BCUT2D eigenvalue weighted by Gasteiger charge is 2.13. The lowest BCUT2D eigenvalue weighted by molar-refractivity contribution is 0.102. The summed E-state index contributed by atoms with van der Waals surface area (Å²) in [6.07, 6.45) is 9.03. The van der Waals surface area contributed by atoms with Crippen molar-refractivity contribution in [3.63, 3.8) is 0 Å². The average molecular weight is 428 g/mol. The average Bonchev–Trinajstić information content (AvgIpc) is 3.10. The Bertz CT molecular complexity index is 1030. The Labute approximate surface area is 191 Å². The summed E-state index contributed by atoms with van der Waals surface area (Å²) >= 11 is 0. The van der Waals surface area contributed by atoms with Gasteiger partial charge in [0.15, 0.2) is 0 Å². The zero-order chi connectivity index (χ0) is 22.3. The van der Waals surface area contributed by atoms with Gasteiger partial charge in [0.05, 0.1) is 11.9 Å². The van der Waals surface area contributed by atoms with Crippen molar-refractivity contribution in [1.82, 2.24) is 4.98 Å². The van der Waals surface area contributed by atoms with Gasteiger partial charge in [-0.3, -0.25) is 4.79 Å². The molecule has 2 heterocycles. The third kappa shape index (κ3) is 5.37. The molecule has 4 rings (SSSR count). The molecule has 2 aromatic carbocycles. The quantitative estimate of drug-likeness (QED) is 0.479. The van der Waals surface area contributed by atoms with E-state index in [-0.39, 0.29) is 5.91 Å². The number of benzene rings is 2. The third-order valence-electron chi connectivity index (χ3n) is 6.24. The summed E-state index contributed by atoms with van der Waals surface area (Å²) in [5, 5.41) is 3.00. The van der Waals surface area contributed by atoms with Gasteiger partial charge >= 0.3 is 0 Å². The number of rotatable bonds is 6. The minimum Gasteiger partial charge on any atom is -0.357 e. The van der Waals surface area contributed by atoms with Crippen molar-refractivity contribution < 1.29 is 4.79 Å². The maximum Gasteiger partial charge on any atom is 0.255 e. The smallest absolute Gasteiger partial charge is 0.255 e. The molecule has 1 aliphatic heterocycles. The summed E-state index contributed by atoms with van der Waals surface area (Å²) in [7, 11) is 0. The zero-order valence-corrected chi connectivity index (χ0v) is 19.2. The van der Waals surface area contributed by atoms with Crippen LogP contribution in [-0.2, 0) is 6.42 Å². The van der Waals surface area contributed by atoms with Crippen LogP contribution in [0.3, 0.4) is 0 Å². The highest BCUT2D eigenvalue weighted by molar-refractivity contribution is 6.05. The van der Waals surface area contributed by atoms with Crippen LogP contribution in [0.25, 0.3) is 11.1 Å². The molecule has 0 bridgehead atoms. The Morgan fingerprint density at radius 2 is 1.72 bits per heavy atom. The van der Waals surface area contributed by atoms with Crippen LogP contribution in [0.2, 0.25) is 0 Å². The van der Waals surface area contributed by atoms with Crippen molar-refractivity contribution in [2.24, 2.45) is 0 Å². The molecule has 1 amide bonds. The van der Waals surface area contributed by atoms with Gasteiger partial charge < -0.3 is 10.2 Å². The Morgan fingerprint density at radius 1 is 0.969 bits per heavy atom. The molecule has 1 aliphatic rings. The molecule has 3 aromatic rings. The highest BCUT2D eigenvalue weighted by Crippen LogP contribution is 2.26. The van der Waals surface area contributed by atoms with Crippen LogP contribution in [0.15, 0.2) is 60.8 Å². The Morgan fingerprint density at radius 3 is 2.38 bits per heavy atom. The zero-order valence-electron chi connectivity index (χ0n) is 19.2. The number of carbonyl (C=O) groups is 1. The number of aryl methyl sites for hydroxylation is 2. The van der Waals surface area contributed by atoms with Crippen LogP contribution in [0, 0.1) is 6.92 Å². The van der Waals surface area contributed by atoms with Crippen molar-refractivity contribution >= 4 is 17.4 Å². The highest BCUT2D eigenvalue weighted by atomic mass is 16.1. The predicted molar refractivity (Wildman–Crippen MR) is 133 cm³/mol. The molecule has 1 aromatic heterocycles. The Hall–Kier alpha value is -3.14. The number of hydrogen-bond acceptors (Lipinski definition) is 3. The second kappa shape index (κ2) is 10.4. The van der Waals surface area contributed by atoms with Gasteiger partial charge in [-0.25, -0.2) is 4.98 Å². The molecule has 32 heavy (non-hydrogen) atoms. The first-order chi connectivity index (χ1) is 15.6. The first kappa shape index (κ1) is 22.1. The van der Waals surface area contributed by atoms with E-state index in [0.29, 0.717) is 5.56 Å². The van der Waals surface area contributed by atoms with Crippen LogP contribution >= 0.6 is 0 Å². The van der Waals surface area contributed by atoms with E-state index in [1.165, 1.54) is 31.2 Å². The lowest BCUT2D eigenvalue weighted by Crippen LogP contribution is -2.24. The molecular weight excluding hydrogens is 394 g/mol. The number of nitrogens with one attached hydrogen (secondary N) is 1. The summed E-state index contributed by atoms with van der Waals surface area (Å²) in [6.45, 7) is 6.40. The van der Waals surface area contributed by atoms with E-state index in [0.717, 1.165) is 54.1 Å². The normalized spacial score (nSPS) is 14.1. The molecule has 0 unspecified atom stereocenters. The first-order valence-corrected chi connectivity index (χ1v) is 11.9. The number of amides is 1. The molecule has 4 nitrogen and oxygen atoms in total. The van der Waals surface area contributed by atoms with Gasteiger partial charge in [0.1, 0.15) is 5.82 Å². The number of pyridine rings is 1. The number of aromatic nitrogens is 1. The van der Waals surface area contributed by atoms with Crippen molar-refractivity contribution in [1.29, 1.82) is 0 Å². The van der Waals surface area contributed by atoms with Crippen molar-refractivity contribution in [3.05, 3.63) is 77.5 Å². The summed E-state index contributed by atoms with van der Waals surface area (Å²) in [4.78, 5) is 19.9. The monoisotopic (exact) mass is 427 g/mol. The summed E-state index contributed by atoms with van der Waals surface area (Å²) in [6, 6.07) is 18.5. The van der Waals surface area contributed by atoms with Gasteiger partial charge in [-0.2, -0.15) is 0 Å². The van der Waals surface area contributed by atoms with Gasteiger partial charge in [-0.1, -0.05) is 56.5 Å². The van der Waals surface area contributed by atoms with Gasteiger partial charge in [0, 0.05) is 18.7 Å². The van der Waals surface area contributed by atoms with Crippen molar-refractivity contribution in [3.8, 4) is 11.1 Å². The largest absolute Gasteiger partial charge is 0.357 e. The lowest BCUT2D eigenvalue weighted by atomic mass is 9.96. The van der Waals surface area contributed by atoms with E-state index in [9.17, 15) is 4.79 Å². The molecule has 0 atom stereocenters. The van der Waals surface area contributed by atoms with Crippen LogP contribution in [0.4, 0.5) is 11.5 Å². The third-order valence-corrected chi connectivity index (χ3v) is 6.24.